The maximum absolute atomic E-state index is 5.36. The van der Waals surface area contributed by atoms with Crippen LogP contribution < -0.4 is 5.73 Å². The van der Waals surface area contributed by atoms with E-state index in [2.05, 4.69) is 22.8 Å². The number of hydrogen-bond acceptors (Lipinski definition) is 5. The van der Waals surface area contributed by atoms with E-state index in [1.54, 1.807) is 0 Å². The summed E-state index contributed by atoms with van der Waals surface area (Å²) in [5, 5.41) is 7.64. The second-order valence-electron chi connectivity index (χ2n) is 2.76. The average molecular weight is 207 g/mol. The van der Waals surface area contributed by atoms with Gasteiger partial charge in [0, 0.05) is 10.5 Å². The van der Waals surface area contributed by atoms with Crippen LogP contribution in [0.3, 0.4) is 0 Å². The van der Waals surface area contributed by atoms with Crippen molar-refractivity contribution in [1.29, 1.82) is 0 Å². The predicted octanol–water partition coefficient (Wildman–Crippen LogP) is 1.48. The summed E-state index contributed by atoms with van der Waals surface area (Å²) in [4.78, 5) is 0.856. The first-order valence-electron chi connectivity index (χ1n) is 4.11. The van der Waals surface area contributed by atoms with Gasteiger partial charge in [-0.05, 0) is 18.2 Å². The Labute approximate surface area is 86.6 Å². The smallest absolute Gasteiger partial charge is 0.247 e. The van der Waals surface area contributed by atoms with E-state index in [4.69, 9.17) is 10.2 Å². The van der Waals surface area contributed by atoms with E-state index in [0.717, 1.165) is 10.5 Å². The maximum atomic E-state index is 5.36. The van der Waals surface area contributed by atoms with Gasteiger partial charge in [-0.2, -0.15) is 0 Å². The number of nitrogens with zero attached hydrogens (tertiary/aromatic N) is 2. The summed E-state index contributed by atoms with van der Waals surface area (Å²) in [5.41, 5.74) is 6.21. The van der Waals surface area contributed by atoms with Crippen molar-refractivity contribution in [1.82, 2.24) is 10.2 Å². The minimum Gasteiger partial charge on any atom is -0.419 e. The van der Waals surface area contributed by atoms with E-state index < -0.39 is 0 Å². The molecule has 0 unspecified atom stereocenters. The third kappa shape index (κ3) is 1.78. The molecule has 1 aromatic heterocycles. The fraction of sp³-hybridized carbons (Fsp3) is 0.111. The van der Waals surface area contributed by atoms with Gasteiger partial charge in [0.15, 0.2) is 0 Å². The molecule has 0 amide bonds. The quantitative estimate of drug-likeness (QED) is 0.732. The molecule has 14 heavy (non-hydrogen) atoms. The molecule has 0 fully saturated rings. The number of thiol groups is 1. The zero-order chi connectivity index (χ0) is 9.97. The fourth-order valence-electron chi connectivity index (χ4n) is 1.09. The Balaban J connectivity index is 2.39. The van der Waals surface area contributed by atoms with Gasteiger partial charge in [0.2, 0.25) is 11.8 Å². The molecule has 0 bridgehead atoms. The molecule has 0 spiro atoms. The highest BCUT2D eigenvalue weighted by Crippen LogP contribution is 2.20. The largest absolute Gasteiger partial charge is 0.419 e. The highest BCUT2D eigenvalue weighted by atomic mass is 32.1. The van der Waals surface area contributed by atoms with Crippen LogP contribution in [0.1, 0.15) is 5.89 Å². The van der Waals surface area contributed by atoms with Gasteiger partial charge in [0.05, 0.1) is 6.54 Å². The first kappa shape index (κ1) is 9.23. The molecule has 2 N–H and O–H groups in total. The van der Waals surface area contributed by atoms with Crippen LogP contribution in [-0.4, -0.2) is 10.2 Å². The van der Waals surface area contributed by atoms with Crippen LogP contribution in [0.25, 0.3) is 11.5 Å². The van der Waals surface area contributed by atoms with Gasteiger partial charge in [0.25, 0.3) is 0 Å². The monoisotopic (exact) mass is 207 g/mol. The molecule has 2 aromatic rings. The SMILES string of the molecule is NCc1nnc(-c2cccc(S)c2)o1. The zero-order valence-electron chi connectivity index (χ0n) is 7.34. The molecule has 0 aliphatic heterocycles. The summed E-state index contributed by atoms with van der Waals surface area (Å²) in [5.74, 6) is 0.908. The number of benzene rings is 1. The van der Waals surface area contributed by atoms with Crippen molar-refractivity contribution in [3.05, 3.63) is 30.2 Å². The lowest BCUT2D eigenvalue weighted by Gasteiger charge is -1.94. The second-order valence-corrected chi connectivity index (χ2v) is 3.27. The van der Waals surface area contributed by atoms with Crippen LogP contribution in [0.15, 0.2) is 33.6 Å². The Morgan fingerprint density at radius 3 is 2.86 bits per heavy atom. The Hall–Kier alpha value is -1.33. The Morgan fingerprint density at radius 2 is 2.21 bits per heavy atom. The standard InChI is InChI=1S/C9H9N3OS/c10-5-8-11-12-9(13-8)6-2-1-3-7(14)4-6/h1-4,14H,5,10H2. The van der Waals surface area contributed by atoms with Gasteiger partial charge in [-0.1, -0.05) is 6.07 Å². The van der Waals surface area contributed by atoms with Crippen LogP contribution in [0.4, 0.5) is 0 Å². The zero-order valence-corrected chi connectivity index (χ0v) is 8.24. The summed E-state index contributed by atoms with van der Waals surface area (Å²) < 4.78 is 5.29. The topological polar surface area (TPSA) is 64.9 Å². The van der Waals surface area contributed by atoms with Gasteiger partial charge in [-0.3, -0.25) is 0 Å². The number of nitrogens with two attached hydrogens (primary N) is 1. The number of hydrogen-bond donors (Lipinski definition) is 2. The second kappa shape index (κ2) is 3.81. The van der Waals surface area contributed by atoms with E-state index in [-0.39, 0.29) is 6.54 Å². The van der Waals surface area contributed by atoms with Crippen molar-refractivity contribution in [3.8, 4) is 11.5 Å². The summed E-state index contributed by atoms with van der Waals surface area (Å²) in [6.07, 6.45) is 0. The minimum absolute atomic E-state index is 0.258. The summed E-state index contributed by atoms with van der Waals surface area (Å²) in [6.45, 7) is 0.258. The molecule has 0 radical (unpaired) electrons. The van der Waals surface area contributed by atoms with Crippen molar-refractivity contribution in [3.63, 3.8) is 0 Å². The molecule has 0 aliphatic rings. The van der Waals surface area contributed by atoms with Crippen LogP contribution in [0, 0.1) is 0 Å². The Bertz CT molecular complexity index is 441. The first-order chi connectivity index (χ1) is 6.79. The van der Waals surface area contributed by atoms with E-state index in [9.17, 15) is 0 Å². The van der Waals surface area contributed by atoms with Crippen LogP contribution in [-0.2, 0) is 6.54 Å². The summed E-state index contributed by atoms with van der Waals surface area (Å²) >= 11 is 4.22. The fourth-order valence-corrected chi connectivity index (χ4v) is 1.32. The molecule has 2 rings (SSSR count). The third-order valence-corrected chi connectivity index (χ3v) is 2.01. The van der Waals surface area contributed by atoms with Crippen LogP contribution in [0.5, 0.6) is 0 Å². The van der Waals surface area contributed by atoms with E-state index in [1.165, 1.54) is 0 Å². The molecule has 0 atom stereocenters. The van der Waals surface area contributed by atoms with E-state index in [1.807, 2.05) is 24.3 Å². The molecule has 4 nitrogen and oxygen atoms in total. The van der Waals surface area contributed by atoms with Crippen LogP contribution in [0.2, 0.25) is 0 Å². The number of rotatable bonds is 2. The van der Waals surface area contributed by atoms with E-state index >= 15 is 0 Å². The molecule has 5 heteroatoms. The highest BCUT2D eigenvalue weighted by molar-refractivity contribution is 7.80. The lowest BCUT2D eigenvalue weighted by molar-refractivity contribution is 0.508. The van der Waals surface area contributed by atoms with Crippen molar-refractivity contribution in [2.24, 2.45) is 5.73 Å². The summed E-state index contributed by atoms with van der Waals surface area (Å²) in [6, 6.07) is 7.50. The van der Waals surface area contributed by atoms with Gasteiger partial charge in [-0.25, -0.2) is 0 Å². The molecule has 0 saturated carbocycles. The third-order valence-electron chi connectivity index (χ3n) is 1.73. The normalized spacial score (nSPS) is 10.4. The molecule has 0 saturated heterocycles. The Morgan fingerprint density at radius 1 is 1.36 bits per heavy atom. The minimum atomic E-state index is 0.258. The van der Waals surface area contributed by atoms with Gasteiger partial charge >= 0.3 is 0 Å². The van der Waals surface area contributed by atoms with Gasteiger partial charge in [0.1, 0.15) is 0 Å². The summed E-state index contributed by atoms with van der Waals surface area (Å²) in [7, 11) is 0. The molecule has 1 aromatic carbocycles. The molecular weight excluding hydrogens is 198 g/mol. The van der Waals surface area contributed by atoms with Gasteiger partial charge < -0.3 is 10.2 Å². The lowest BCUT2D eigenvalue weighted by atomic mass is 10.2. The van der Waals surface area contributed by atoms with Crippen LogP contribution >= 0.6 is 12.6 Å². The van der Waals surface area contributed by atoms with Crippen molar-refractivity contribution < 1.29 is 4.42 Å². The molecule has 0 aliphatic carbocycles. The molecular formula is C9H9N3OS. The number of aromatic nitrogens is 2. The molecule has 1 heterocycles. The maximum Gasteiger partial charge on any atom is 0.247 e. The Kier molecular flexibility index (Phi) is 2.51. The van der Waals surface area contributed by atoms with E-state index in [0.29, 0.717) is 11.8 Å². The van der Waals surface area contributed by atoms with Crippen molar-refractivity contribution in [2.45, 2.75) is 11.4 Å². The molecule has 72 valence electrons. The van der Waals surface area contributed by atoms with Crippen molar-refractivity contribution >= 4 is 12.6 Å². The predicted molar refractivity (Wildman–Crippen MR) is 54.9 cm³/mol. The van der Waals surface area contributed by atoms with Gasteiger partial charge in [-0.15, -0.1) is 22.8 Å². The lowest BCUT2D eigenvalue weighted by Crippen LogP contribution is -1.95. The highest BCUT2D eigenvalue weighted by Gasteiger charge is 2.06. The average Bonchev–Trinajstić information content (AvgIpc) is 2.66. The first-order valence-corrected chi connectivity index (χ1v) is 4.56. The van der Waals surface area contributed by atoms with Crippen molar-refractivity contribution in [2.75, 3.05) is 0 Å².